The Morgan fingerprint density at radius 1 is 0.964 bits per heavy atom. The summed E-state index contributed by atoms with van der Waals surface area (Å²) in [5.74, 6) is 0.653. The highest BCUT2D eigenvalue weighted by Gasteiger charge is 2.28. The minimum absolute atomic E-state index is 0.183. The topological polar surface area (TPSA) is 47.6 Å². The Morgan fingerprint density at radius 2 is 1.54 bits per heavy atom. The molecule has 0 aliphatic carbocycles. The summed E-state index contributed by atoms with van der Waals surface area (Å²) in [6, 6.07) is 7.63. The third-order valence-electron chi connectivity index (χ3n) is 4.00. The van der Waals surface area contributed by atoms with Gasteiger partial charge in [0.25, 0.3) is 0 Å². The van der Waals surface area contributed by atoms with Crippen molar-refractivity contribution < 1.29 is 14.3 Å². The Hall–Kier alpha value is -1.55. The minimum Gasteiger partial charge on any atom is -0.494 e. The third kappa shape index (κ3) is 11.3. The fourth-order valence-electron chi connectivity index (χ4n) is 2.84. The van der Waals surface area contributed by atoms with E-state index in [1.54, 1.807) is 0 Å². The number of carbonyl (C=O) groups is 1. The Morgan fingerprint density at radius 3 is 2.00 bits per heavy atom. The van der Waals surface area contributed by atoms with Gasteiger partial charge in [-0.3, -0.25) is 10.1 Å². The highest BCUT2D eigenvalue weighted by molar-refractivity contribution is 5.76. The van der Waals surface area contributed by atoms with Crippen molar-refractivity contribution in [3.8, 4) is 5.75 Å². The highest BCUT2D eigenvalue weighted by atomic mass is 16.6. The van der Waals surface area contributed by atoms with Crippen molar-refractivity contribution in [3.05, 3.63) is 29.8 Å². The quantitative estimate of drug-likeness (QED) is 0.467. The van der Waals surface area contributed by atoms with Gasteiger partial charge in [-0.15, -0.1) is 0 Å². The summed E-state index contributed by atoms with van der Waals surface area (Å²) < 4.78 is 11.5. The average Bonchev–Trinajstić information content (AvgIpc) is 2.48. The summed E-state index contributed by atoms with van der Waals surface area (Å²) in [5, 5.41) is 3.39. The summed E-state index contributed by atoms with van der Waals surface area (Å²) in [4.78, 5) is 12.7. The van der Waals surface area contributed by atoms with Crippen LogP contribution >= 0.6 is 0 Å². The molecule has 0 aromatic heterocycles. The van der Waals surface area contributed by atoms with Crippen molar-refractivity contribution in [2.75, 3.05) is 6.61 Å². The number of ether oxygens (including phenoxy) is 2. The third-order valence-corrected chi connectivity index (χ3v) is 4.00. The van der Waals surface area contributed by atoms with Crippen LogP contribution in [0.3, 0.4) is 0 Å². The van der Waals surface area contributed by atoms with E-state index in [9.17, 15) is 4.79 Å². The van der Waals surface area contributed by atoms with Crippen LogP contribution in [0.4, 0.5) is 0 Å². The maximum absolute atomic E-state index is 12.7. The van der Waals surface area contributed by atoms with E-state index in [4.69, 9.17) is 9.47 Å². The first-order valence-electron chi connectivity index (χ1n) is 10.4. The molecule has 1 rings (SSSR count). The number of nitrogens with one attached hydrogen (secondary N) is 1. The SMILES string of the molecule is CC(C)(C)CCCOc1ccc(CC(NC(C)(C)C)C(=O)OC(C)(C)C)cc1. The van der Waals surface area contributed by atoms with Gasteiger partial charge < -0.3 is 9.47 Å². The van der Waals surface area contributed by atoms with Crippen LogP contribution in [0.25, 0.3) is 0 Å². The normalized spacial score (nSPS) is 13.9. The number of benzene rings is 1. The van der Waals surface area contributed by atoms with E-state index in [0.29, 0.717) is 11.8 Å². The van der Waals surface area contributed by atoms with E-state index in [1.165, 1.54) is 0 Å². The molecule has 0 amide bonds. The van der Waals surface area contributed by atoms with E-state index < -0.39 is 11.6 Å². The van der Waals surface area contributed by atoms with Crippen molar-refractivity contribution >= 4 is 5.97 Å². The lowest BCUT2D eigenvalue weighted by Gasteiger charge is -2.30. The Bertz CT molecular complexity index is 601. The second-order valence-electron chi connectivity index (χ2n) is 10.8. The van der Waals surface area contributed by atoms with Crippen molar-refractivity contribution in [2.45, 2.75) is 98.8 Å². The molecule has 0 fully saturated rings. The molecule has 1 unspecified atom stereocenters. The zero-order valence-electron chi connectivity index (χ0n) is 19.4. The molecule has 4 heteroatoms. The number of hydrogen-bond donors (Lipinski definition) is 1. The Balaban J connectivity index is 2.69. The predicted octanol–water partition coefficient (Wildman–Crippen LogP) is 5.53. The summed E-state index contributed by atoms with van der Waals surface area (Å²) >= 11 is 0. The van der Waals surface area contributed by atoms with Gasteiger partial charge >= 0.3 is 5.97 Å². The standard InChI is InChI=1S/C24H41NO3/c1-22(2,3)15-10-16-27-19-13-11-18(12-14-19)17-20(25-23(4,5)6)21(26)28-24(7,8)9/h11-14,20,25H,10,15-17H2,1-9H3. The molecule has 0 aliphatic rings. The van der Waals surface area contributed by atoms with Crippen molar-refractivity contribution in [1.29, 1.82) is 0 Å². The second-order valence-corrected chi connectivity index (χ2v) is 10.8. The van der Waals surface area contributed by atoms with Gasteiger partial charge in [-0.1, -0.05) is 32.9 Å². The number of carbonyl (C=O) groups excluding carboxylic acids is 1. The van der Waals surface area contributed by atoms with Crippen LogP contribution in [0.2, 0.25) is 0 Å². The fourth-order valence-corrected chi connectivity index (χ4v) is 2.84. The van der Waals surface area contributed by atoms with Gasteiger partial charge in [-0.05, 0) is 83.9 Å². The molecule has 0 bridgehead atoms. The maximum atomic E-state index is 12.7. The lowest BCUT2D eigenvalue weighted by molar-refractivity contribution is -0.158. The molecule has 1 aromatic carbocycles. The molecule has 1 atom stereocenters. The second kappa shape index (κ2) is 9.78. The smallest absolute Gasteiger partial charge is 0.324 e. The van der Waals surface area contributed by atoms with Crippen LogP contribution in [0.5, 0.6) is 5.75 Å². The zero-order valence-corrected chi connectivity index (χ0v) is 19.4. The van der Waals surface area contributed by atoms with Crippen LogP contribution in [0, 0.1) is 5.41 Å². The summed E-state index contributed by atoms with van der Waals surface area (Å²) in [6.07, 6.45) is 2.76. The molecule has 4 nitrogen and oxygen atoms in total. The lowest BCUT2D eigenvalue weighted by Crippen LogP contribution is -2.50. The van der Waals surface area contributed by atoms with Crippen molar-refractivity contribution in [3.63, 3.8) is 0 Å². The lowest BCUT2D eigenvalue weighted by atomic mass is 9.91. The molecule has 0 radical (unpaired) electrons. The molecule has 0 heterocycles. The number of hydrogen-bond acceptors (Lipinski definition) is 4. The number of rotatable bonds is 8. The van der Waals surface area contributed by atoms with Gasteiger partial charge in [0.15, 0.2) is 0 Å². The first-order valence-corrected chi connectivity index (χ1v) is 10.4. The fraction of sp³-hybridized carbons (Fsp3) is 0.708. The van der Waals surface area contributed by atoms with Gasteiger partial charge in [0, 0.05) is 5.54 Å². The van der Waals surface area contributed by atoms with Gasteiger partial charge in [0.2, 0.25) is 0 Å². The largest absolute Gasteiger partial charge is 0.494 e. The molecule has 28 heavy (non-hydrogen) atoms. The summed E-state index contributed by atoms with van der Waals surface area (Å²) in [6.45, 7) is 19.3. The first kappa shape index (κ1) is 24.5. The van der Waals surface area contributed by atoms with Crippen LogP contribution < -0.4 is 10.1 Å². The molecular formula is C24H41NO3. The van der Waals surface area contributed by atoms with Crippen LogP contribution in [-0.2, 0) is 16.0 Å². The molecule has 160 valence electrons. The van der Waals surface area contributed by atoms with E-state index in [2.05, 4.69) is 46.9 Å². The van der Waals surface area contributed by atoms with Gasteiger partial charge in [0.05, 0.1) is 6.61 Å². The molecule has 0 aliphatic heterocycles. The van der Waals surface area contributed by atoms with Crippen LogP contribution in [-0.4, -0.2) is 29.8 Å². The molecule has 0 spiro atoms. The van der Waals surface area contributed by atoms with Gasteiger partial charge in [0.1, 0.15) is 17.4 Å². The average molecular weight is 392 g/mol. The maximum Gasteiger partial charge on any atom is 0.324 e. The molecule has 1 aromatic rings. The van der Waals surface area contributed by atoms with E-state index in [0.717, 1.165) is 30.8 Å². The highest BCUT2D eigenvalue weighted by Crippen LogP contribution is 2.21. The summed E-state index contributed by atoms with van der Waals surface area (Å²) in [7, 11) is 0. The van der Waals surface area contributed by atoms with Crippen LogP contribution in [0.1, 0.15) is 80.7 Å². The van der Waals surface area contributed by atoms with Crippen LogP contribution in [0.15, 0.2) is 24.3 Å². The van der Waals surface area contributed by atoms with E-state index in [1.807, 2.05) is 45.0 Å². The first-order chi connectivity index (χ1) is 12.6. The van der Waals surface area contributed by atoms with E-state index in [-0.39, 0.29) is 11.5 Å². The molecule has 0 saturated heterocycles. The van der Waals surface area contributed by atoms with Gasteiger partial charge in [-0.2, -0.15) is 0 Å². The number of esters is 1. The predicted molar refractivity (Wildman–Crippen MR) is 117 cm³/mol. The van der Waals surface area contributed by atoms with E-state index >= 15 is 0 Å². The monoisotopic (exact) mass is 391 g/mol. The van der Waals surface area contributed by atoms with Crippen molar-refractivity contribution in [1.82, 2.24) is 5.32 Å². The minimum atomic E-state index is -0.500. The van der Waals surface area contributed by atoms with Gasteiger partial charge in [-0.25, -0.2) is 0 Å². The summed E-state index contributed by atoms with van der Waals surface area (Å²) in [5.41, 5.74) is 0.732. The zero-order chi connectivity index (χ0) is 21.6. The van der Waals surface area contributed by atoms with Crippen molar-refractivity contribution in [2.24, 2.45) is 5.41 Å². The molecule has 0 saturated carbocycles. The molecule has 1 N–H and O–H groups in total. The Labute approximate surface area is 172 Å². The Kier molecular flexibility index (Phi) is 8.55. The molecular weight excluding hydrogens is 350 g/mol.